The van der Waals surface area contributed by atoms with Crippen LogP contribution in [0.4, 0.5) is 0 Å². The number of carboxylic acid groups (broad SMARTS) is 1. The SMILES string of the molecule is CC1(C)CC(=O)C(C)(C)c2cc(C#Cc3ccc(C(=O)O)cc3)ccc21. The first-order valence-corrected chi connectivity index (χ1v) is 8.65. The summed E-state index contributed by atoms with van der Waals surface area (Å²) in [6.07, 6.45) is 0.550. The average molecular weight is 346 g/mol. The smallest absolute Gasteiger partial charge is 0.335 e. The third-order valence-corrected chi connectivity index (χ3v) is 5.20. The summed E-state index contributed by atoms with van der Waals surface area (Å²) in [7, 11) is 0. The molecule has 1 aliphatic carbocycles. The topological polar surface area (TPSA) is 54.4 Å². The predicted molar refractivity (Wildman–Crippen MR) is 101 cm³/mol. The second kappa shape index (κ2) is 6.14. The van der Waals surface area contributed by atoms with Crippen molar-refractivity contribution < 1.29 is 14.7 Å². The summed E-state index contributed by atoms with van der Waals surface area (Å²) in [5.74, 6) is 5.50. The summed E-state index contributed by atoms with van der Waals surface area (Å²) >= 11 is 0. The fraction of sp³-hybridized carbons (Fsp3) is 0.304. The molecular formula is C23H22O3. The molecule has 1 aliphatic rings. The summed E-state index contributed by atoms with van der Waals surface area (Å²) in [5, 5.41) is 8.95. The van der Waals surface area contributed by atoms with E-state index in [0.29, 0.717) is 6.42 Å². The average Bonchev–Trinajstić information content (AvgIpc) is 2.58. The van der Waals surface area contributed by atoms with Crippen molar-refractivity contribution in [3.05, 3.63) is 70.3 Å². The minimum Gasteiger partial charge on any atom is -0.478 e. The number of aromatic carboxylic acids is 1. The lowest BCUT2D eigenvalue weighted by Crippen LogP contribution is -2.42. The highest BCUT2D eigenvalue weighted by molar-refractivity contribution is 5.93. The number of hydrogen-bond acceptors (Lipinski definition) is 2. The van der Waals surface area contributed by atoms with E-state index in [1.807, 2.05) is 26.0 Å². The Morgan fingerprint density at radius 3 is 2.12 bits per heavy atom. The quantitative estimate of drug-likeness (QED) is 0.783. The molecular weight excluding hydrogens is 324 g/mol. The Balaban J connectivity index is 1.98. The van der Waals surface area contributed by atoms with Gasteiger partial charge in [0, 0.05) is 23.0 Å². The normalized spacial score (nSPS) is 17.0. The van der Waals surface area contributed by atoms with Gasteiger partial charge in [-0.15, -0.1) is 0 Å². The Bertz CT molecular complexity index is 951. The van der Waals surface area contributed by atoms with Crippen molar-refractivity contribution in [3.63, 3.8) is 0 Å². The van der Waals surface area contributed by atoms with Crippen LogP contribution in [-0.2, 0) is 15.6 Å². The lowest BCUT2D eigenvalue weighted by molar-refractivity contribution is -0.125. The maximum Gasteiger partial charge on any atom is 0.335 e. The van der Waals surface area contributed by atoms with Crippen LogP contribution in [0.2, 0.25) is 0 Å². The van der Waals surface area contributed by atoms with Crippen molar-refractivity contribution in [1.82, 2.24) is 0 Å². The highest BCUT2D eigenvalue weighted by atomic mass is 16.4. The Kier molecular flexibility index (Phi) is 4.24. The lowest BCUT2D eigenvalue weighted by atomic mass is 9.62. The molecule has 0 fully saturated rings. The summed E-state index contributed by atoms with van der Waals surface area (Å²) in [5.41, 5.74) is 3.43. The highest BCUT2D eigenvalue weighted by Crippen LogP contribution is 2.43. The van der Waals surface area contributed by atoms with Gasteiger partial charge in [-0.1, -0.05) is 31.8 Å². The van der Waals surface area contributed by atoms with Gasteiger partial charge in [0.15, 0.2) is 0 Å². The number of Topliss-reactive ketones (excluding diaryl/α,β-unsaturated/α-hetero) is 1. The van der Waals surface area contributed by atoms with Crippen LogP contribution in [-0.4, -0.2) is 16.9 Å². The van der Waals surface area contributed by atoms with E-state index in [1.54, 1.807) is 24.3 Å². The fourth-order valence-electron chi connectivity index (χ4n) is 3.44. The first-order chi connectivity index (χ1) is 12.1. The summed E-state index contributed by atoms with van der Waals surface area (Å²) in [4.78, 5) is 23.5. The zero-order valence-electron chi connectivity index (χ0n) is 15.5. The van der Waals surface area contributed by atoms with Crippen molar-refractivity contribution >= 4 is 11.8 Å². The van der Waals surface area contributed by atoms with E-state index >= 15 is 0 Å². The van der Waals surface area contributed by atoms with Gasteiger partial charge in [-0.05, 0) is 66.8 Å². The van der Waals surface area contributed by atoms with Gasteiger partial charge < -0.3 is 5.11 Å². The van der Waals surface area contributed by atoms with Crippen LogP contribution in [0.25, 0.3) is 0 Å². The first kappa shape index (κ1) is 17.9. The minimum atomic E-state index is -0.950. The van der Waals surface area contributed by atoms with E-state index < -0.39 is 11.4 Å². The highest BCUT2D eigenvalue weighted by Gasteiger charge is 2.43. The van der Waals surface area contributed by atoms with Gasteiger partial charge in [0.1, 0.15) is 5.78 Å². The summed E-state index contributed by atoms with van der Waals surface area (Å²) in [6, 6.07) is 12.6. The fourth-order valence-corrected chi connectivity index (χ4v) is 3.44. The molecule has 132 valence electrons. The number of benzene rings is 2. The van der Waals surface area contributed by atoms with E-state index in [-0.39, 0.29) is 16.8 Å². The molecule has 2 aromatic rings. The maximum absolute atomic E-state index is 12.6. The zero-order valence-corrected chi connectivity index (χ0v) is 15.5. The molecule has 0 aliphatic heterocycles. The van der Waals surface area contributed by atoms with Crippen molar-refractivity contribution in [2.45, 2.75) is 44.9 Å². The van der Waals surface area contributed by atoms with Gasteiger partial charge in [-0.25, -0.2) is 4.79 Å². The van der Waals surface area contributed by atoms with E-state index in [4.69, 9.17) is 5.11 Å². The van der Waals surface area contributed by atoms with Crippen LogP contribution >= 0.6 is 0 Å². The predicted octanol–water partition coefficient (Wildman–Crippen LogP) is 4.31. The number of ketones is 1. The molecule has 0 amide bonds. The number of rotatable bonds is 1. The molecule has 0 saturated heterocycles. The number of fused-ring (bicyclic) bond motifs is 1. The molecule has 0 bridgehead atoms. The number of carboxylic acids is 1. The van der Waals surface area contributed by atoms with Crippen molar-refractivity contribution in [2.75, 3.05) is 0 Å². The summed E-state index contributed by atoms with van der Waals surface area (Å²) in [6.45, 7) is 8.17. The largest absolute Gasteiger partial charge is 0.478 e. The van der Waals surface area contributed by atoms with Crippen molar-refractivity contribution in [2.24, 2.45) is 0 Å². The Labute approximate surface area is 154 Å². The monoisotopic (exact) mass is 346 g/mol. The van der Waals surface area contributed by atoms with Gasteiger partial charge in [-0.3, -0.25) is 4.79 Å². The van der Waals surface area contributed by atoms with E-state index in [0.717, 1.165) is 16.7 Å². The van der Waals surface area contributed by atoms with E-state index in [9.17, 15) is 9.59 Å². The van der Waals surface area contributed by atoms with Crippen LogP contribution in [0.1, 0.15) is 66.7 Å². The number of hydrogen-bond donors (Lipinski definition) is 1. The third-order valence-electron chi connectivity index (χ3n) is 5.20. The molecule has 0 aromatic heterocycles. The van der Waals surface area contributed by atoms with Crippen LogP contribution in [0.5, 0.6) is 0 Å². The van der Waals surface area contributed by atoms with E-state index in [2.05, 4.69) is 31.8 Å². The number of carbonyl (C=O) groups excluding carboxylic acids is 1. The first-order valence-electron chi connectivity index (χ1n) is 8.65. The Morgan fingerprint density at radius 2 is 1.50 bits per heavy atom. The van der Waals surface area contributed by atoms with Gasteiger partial charge >= 0.3 is 5.97 Å². The second-order valence-electron chi connectivity index (χ2n) is 8.00. The third kappa shape index (κ3) is 3.15. The molecule has 3 rings (SSSR count). The lowest BCUT2D eigenvalue weighted by Gasteiger charge is -2.40. The molecule has 3 heteroatoms. The maximum atomic E-state index is 12.6. The molecule has 0 heterocycles. The van der Waals surface area contributed by atoms with Gasteiger partial charge in [0.25, 0.3) is 0 Å². The molecule has 0 saturated carbocycles. The van der Waals surface area contributed by atoms with Gasteiger partial charge in [-0.2, -0.15) is 0 Å². The Hall–Kier alpha value is -2.86. The van der Waals surface area contributed by atoms with Crippen LogP contribution in [0.15, 0.2) is 42.5 Å². The number of carbonyl (C=O) groups is 2. The Morgan fingerprint density at radius 1 is 0.923 bits per heavy atom. The van der Waals surface area contributed by atoms with Crippen LogP contribution < -0.4 is 0 Å². The standard InChI is InChI=1S/C23H22O3/c1-22(2)14-20(24)23(3,4)19-13-16(9-12-18(19)22)6-5-15-7-10-17(11-8-15)21(25)26/h7-13H,14H2,1-4H3,(H,25,26). The molecule has 3 nitrogen and oxygen atoms in total. The molecule has 0 radical (unpaired) electrons. The molecule has 26 heavy (non-hydrogen) atoms. The van der Waals surface area contributed by atoms with Crippen LogP contribution in [0, 0.1) is 11.8 Å². The molecule has 0 unspecified atom stereocenters. The van der Waals surface area contributed by atoms with Gasteiger partial charge in [0.2, 0.25) is 0 Å². The zero-order chi connectivity index (χ0) is 19.1. The molecule has 0 atom stereocenters. The van der Waals surface area contributed by atoms with E-state index in [1.165, 1.54) is 5.56 Å². The summed E-state index contributed by atoms with van der Waals surface area (Å²) < 4.78 is 0. The van der Waals surface area contributed by atoms with Crippen molar-refractivity contribution in [1.29, 1.82) is 0 Å². The molecule has 2 aromatic carbocycles. The second-order valence-corrected chi connectivity index (χ2v) is 8.00. The van der Waals surface area contributed by atoms with Crippen LogP contribution in [0.3, 0.4) is 0 Å². The minimum absolute atomic E-state index is 0.166. The molecule has 1 N–H and O–H groups in total. The van der Waals surface area contributed by atoms with Crippen molar-refractivity contribution in [3.8, 4) is 11.8 Å². The van der Waals surface area contributed by atoms with Gasteiger partial charge in [0.05, 0.1) is 5.56 Å². The molecule has 0 spiro atoms.